The van der Waals surface area contributed by atoms with Crippen molar-refractivity contribution >= 4 is 10.9 Å². The topological polar surface area (TPSA) is 8.17 Å². The third-order valence-electron chi connectivity index (χ3n) is 2.74. The maximum atomic E-state index is 13.0. The Balaban J connectivity index is 2.13. The molecule has 0 aliphatic rings. The molecule has 0 radical (unpaired) electrons. The number of hydrogen-bond donors (Lipinski definition) is 0. The van der Waals surface area contributed by atoms with Gasteiger partial charge in [0.15, 0.2) is 0 Å². The quantitative estimate of drug-likeness (QED) is 0.769. The molecule has 0 fully saturated rings. The zero-order valence-corrected chi connectivity index (χ0v) is 9.78. The fourth-order valence-corrected chi connectivity index (χ4v) is 1.92. The lowest BCUT2D eigenvalue weighted by Gasteiger charge is -2.10. The third kappa shape index (κ3) is 2.42. The highest BCUT2D eigenvalue weighted by Gasteiger charge is 2.01. The molecule has 2 aromatic rings. The van der Waals surface area contributed by atoms with Gasteiger partial charge in [-0.1, -0.05) is 0 Å². The molecule has 0 unspecified atom stereocenters. The summed E-state index contributed by atoms with van der Waals surface area (Å²) in [6, 6.07) is 6.91. The van der Waals surface area contributed by atoms with Gasteiger partial charge in [-0.05, 0) is 51.3 Å². The minimum absolute atomic E-state index is 0.168. The molecule has 1 aromatic heterocycles. The summed E-state index contributed by atoms with van der Waals surface area (Å²) in [5.74, 6) is -0.168. The minimum Gasteiger partial charge on any atom is -0.347 e. The number of aryl methyl sites for hydroxylation is 1. The second-order valence-corrected chi connectivity index (χ2v) is 4.37. The molecule has 0 aliphatic heterocycles. The van der Waals surface area contributed by atoms with Crippen molar-refractivity contribution < 1.29 is 4.39 Å². The van der Waals surface area contributed by atoms with E-state index in [0.29, 0.717) is 0 Å². The minimum atomic E-state index is -0.168. The molecule has 0 N–H and O–H groups in total. The maximum absolute atomic E-state index is 13.0. The van der Waals surface area contributed by atoms with E-state index in [0.717, 1.165) is 30.4 Å². The van der Waals surface area contributed by atoms with Crippen LogP contribution < -0.4 is 0 Å². The summed E-state index contributed by atoms with van der Waals surface area (Å²) in [4.78, 5) is 2.17. The summed E-state index contributed by atoms with van der Waals surface area (Å²) in [5.41, 5.74) is 1.11. The van der Waals surface area contributed by atoms with Crippen LogP contribution in [0.4, 0.5) is 4.39 Å². The monoisotopic (exact) mass is 220 g/mol. The zero-order chi connectivity index (χ0) is 11.5. The summed E-state index contributed by atoms with van der Waals surface area (Å²) in [7, 11) is 4.15. The molecule has 0 atom stereocenters. The predicted molar refractivity (Wildman–Crippen MR) is 65.1 cm³/mol. The van der Waals surface area contributed by atoms with E-state index in [2.05, 4.69) is 23.6 Å². The van der Waals surface area contributed by atoms with Crippen molar-refractivity contribution in [3.63, 3.8) is 0 Å². The highest BCUT2D eigenvalue weighted by atomic mass is 19.1. The van der Waals surface area contributed by atoms with Crippen molar-refractivity contribution in [2.45, 2.75) is 13.0 Å². The zero-order valence-electron chi connectivity index (χ0n) is 9.78. The van der Waals surface area contributed by atoms with Gasteiger partial charge in [0.25, 0.3) is 0 Å². The number of halogens is 1. The van der Waals surface area contributed by atoms with Crippen molar-refractivity contribution in [1.29, 1.82) is 0 Å². The summed E-state index contributed by atoms with van der Waals surface area (Å²) in [6.45, 7) is 2.05. The van der Waals surface area contributed by atoms with Gasteiger partial charge in [0.2, 0.25) is 0 Å². The number of hydrogen-bond acceptors (Lipinski definition) is 1. The Morgan fingerprint density at radius 1 is 1.25 bits per heavy atom. The first kappa shape index (κ1) is 11.1. The number of rotatable bonds is 4. The Morgan fingerprint density at radius 2 is 2.06 bits per heavy atom. The lowest BCUT2D eigenvalue weighted by Crippen LogP contribution is -2.14. The number of benzene rings is 1. The molecule has 3 heteroatoms. The van der Waals surface area contributed by atoms with Crippen LogP contribution in [0.3, 0.4) is 0 Å². The van der Waals surface area contributed by atoms with Crippen molar-refractivity contribution in [3.05, 3.63) is 36.3 Å². The van der Waals surface area contributed by atoms with Crippen LogP contribution in [0.15, 0.2) is 30.5 Å². The van der Waals surface area contributed by atoms with E-state index in [1.165, 1.54) is 6.07 Å². The van der Waals surface area contributed by atoms with Gasteiger partial charge in [0, 0.05) is 23.6 Å². The van der Waals surface area contributed by atoms with E-state index in [4.69, 9.17) is 0 Å². The first-order valence-corrected chi connectivity index (χ1v) is 5.56. The van der Waals surface area contributed by atoms with Crippen LogP contribution in [0.1, 0.15) is 6.42 Å². The Bertz CT molecular complexity index is 474. The van der Waals surface area contributed by atoms with Gasteiger partial charge in [-0.15, -0.1) is 0 Å². The normalized spacial score (nSPS) is 11.5. The third-order valence-corrected chi connectivity index (χ3v) is 2.74. The van der Waals surface area contributed by atoms with Crippen LogP contribution in [0, 0.1) is 5.82 Å². The highest BCUT2D eigenvalue weighted by Crippen LogP contribution is 2.17. The van der Waals surface area contributed by atoms with Gasteiger partial charge >= 0.3 is 0 Å². The summed E-state index contributed by atoms with van der Waals surface area (Å²) < 4.78 is 15.2. The SMILES string of the molecule is CN(C)CCCn1ccc2cc(F)ccc21. The number of aromatic nitrogens is 1. The van der Waals surface area contributed by atoms with Gasteiger partial charge in [0.05, 0.1) is 0 Å². The molecule has 0 saturated heterocycles. The Hall–Kier alpha value is -1.35. The fraction of sp³-hybridized carbons (Fsp3) is 0.385. The van der Waals surface area contributed by atoms with E-state index >= 15 is 0 Å². The lowest BCUT2D eigenvalue weighted by molar-refractivity contribution is 0.388. The molecule has 0 aliphatic carbocycles. The van der Waals surface area contributed by atoms with Crippen molar-refractivity contribution in [2.24, 2.45) is 0 Å². The van der Waals surface area contributed by atoms with E-state index < -0.39 is 0 Å². The van der Waals surface area contributed by atoms with Crippen LogP contribution in [0.25, 0.3) is 10.9 Å². The lowest BCUT2D eigenvalue weighted by atomic mass is 10.2. The average molecular weight is 220 g/mol. The van der Waals surface area contributed by atoms with Crippen molar-refractivity contribution in [2.75, 3.05) is 20.6 Å². The Kier molecular flexibility index (Phi) is 3.25. The average Bonchev–Trinajstić information content (AvgIpc) is 2.60. The van der Waals surface area contributed by atoms with Gasteiger partial charge < -0.3 is 9.47 Å². The molecule has 16 heavy (non-hydrogen) atoms. The molecule has 2 rings (SSSR count). The molecular weight excluding hydrogens is 203 g/mol. The molecule has 0 amide bonds. The van der Waals surface area contributed by atoms with Crippen molar-refractivity contribution in [1.82, 2.24) is 9.47 Å². The largest absolute Gasteiger partial charge is 0.347 e. The molecule has 0 spiro atoms. The van der Waals surface area contributed by atoms with Crippen LogP contribution in [-0.4, -0.2) is 30.1 Å². The Morgan fingerprint density at radius 3 is 2.81 bits per heavy atom. The van der Waals surface area contributed by atoms with Crippen LogP contribution in [-0.2, 0) is 6.54 Å². The maximum Gasteiger partial charge on any atom is 0.123 e. The first-order valence-electron chi connectivity index (χ1n) is 5.56. The van der Waals surface area contributed by atoms with Gasteiger partial charge in [-0.3, -0.25) is 0 Å². The molecule has 0 saturated carbocycles. The fourth-order valence-electron chi connectivity index (χ4n) is 1.92. The van der Waals surface area contributed by atoms with Crippen LogP contribution in [0.2, 0.25) is 0 Å². The highest BCUT2D eigenvalue weighted by molar-refractivity contribution is 5.80. The van der Waals surface area contributed by atoms with Gasteiger partial charge in [-0.2, -0.15) is 0 Å². The predicted octanol–water partition coefficient (Wildman–Crippen LogP) is 2.73. The van der Waals surface area contributed by atoms with E-state index in [9.17, 15) is 4.39 Å². The summed E-state index contributed by atoms with van der Waals surface area (Å²) in [5, 5.41) is 0.977. The molecule has 2 nitrogen and oxygen atoms in total. The van der Waals surface area contributed by atoms with Crippen LogP contribution in [0.5, 0.6) is 0 Å². The summed E-state index contributed by atoms with van der Waals surface area (Å²) >= 11 is 0. The number of nitrogens with zero attached hydrogens (tertiary/aromatic N) is 2. The van der Waals surface area contributed by atoms with E-state index in [-0.39, 0.29) is 5.82 Å². The molecule has 1 aromatic carbocycles. The smallest absolute Gasteiger partial charge is 0.123 e. The molecular formula is C13H17FN2. The number of fused-ring (bicyclic) bond motifs is 1. The molecule has 1 heterocycles. The van der Waals surface area contributed by atoms with E-state index in [1.807, 2.05) is 18.3 Å². The second kappa shape index (κ2) is 4.66. The molecule has 86 valence electrons. The molecule has 0 bridgehead atoms. The van der Waals surface area contributed by atoms with Gasteiger partial charge in [0.1, 0.15) is 5.82 Å². The first-order chi connectivity index (χ1) is 7.66. The standard InChI is InChI=1S/C13H17FN2/c1-15(2)7-3-8-16-9-6-11-10-12(14)4-5-13(11)16/h4-6,9-10H,3,7-8H2,1-2H3. The Labute approximate surface area is 95.3 Å². The second-order valence-electron chi connectivity index (χ2n) is 4.37. The van der Waals surface area contributed by atoms with E-state index in [1.54, 1.807) is 6.07 Å². The van der Waals surface area contributed by atoms with Crippen molar-refractivity contribution in [3.8, 4) is 0 Å². The van der Waals surface area contributed by atoms with Crippen LogP contribution >= 0.6 is 0 Å². The van der Waals surface area contributed by atoms with Gasteiger partial charge in [-0.25, -0.2) is 4.39 Å². The summed E-state index contributed by atoms with van der Waals surface area (Å²) in [6.07, 6.45) is 3.13.